The number of thiophene rings is 1. The van der Waals surface area contributed by atoms with E-state index in [-0.39, 0.29) is 17.2 Å². The Bertz CT molecular complexity index is 634. The number of carbonyl (C=O) groups is 1. The molecule has 2 aliphatic rings. The summed E-state index contributed by atoms with van der Waals surface area (Å²) in [4.78, 5) is 12.2. The molecule has 2 N–H and O–H groups in total. The molecule has 0 aromatic carbocycles. The Hall–Kier alpha value is -0.960. The van der Waals surface area contributed by atoms with Gasteiger partial charge in [0.15, 0.2) is 0 Å². The van der Waals surface area contributed by atoms with Gasteiger partial charge in [0.25, 0.3) is 10.0 Å². The van der Waals surface area contributed by atoms with Crippen molar-refractivity contribution in [3.8, 4) is 0 Å². The van der Waals surface area contributed by atoms with Crippen molar-refractivity contribution in [1.82, 2.24) is 4.31 Å². The summed E-state index contributed by atoms with van der Waals surface area (Å²) in [5.41, 5.74) is 0. The molecule has 3 rings (SSSR count). The average Bonchev–Trinajstić information content (AvgIpc) is 2.95. The van der Waals surface area contributed by atoms with Gasteiger partial charge in [-0.05, 0) is 30.9 Å². The molecule has 1 aromatic rings. The first-order valence-corrected chi connectivity index (χ1v) is 8.67. The summed E-state index contributed by atoms with van der Waals surface area (Å²) in [6.07, 6.45) is 1.18. The van der Waals surface area contributed by atoms with E-state index < -0.39 is 28.1 Å². The van der Waals surface area contributed by atoms with Crippen LogP contribution in [0.3, 0.4) is 0 Å². The molecule has 1 saturated carbocycles. The zero-order valence-corrected chi connectivity index (χ0v) is 12.2. The third-order valence-electron chi connectivity index (χ3n) is 3.66. The highest BCUT2D eigenvalue weighted by atomic mass is 32.2. The molecule has 0 amide bonds. The second kappa shape index (κ2) is 4.80. The number of aliphatic carboxylic acids is 1. The standard InChI is InChI=1S/C12H15NO5S2/c14-8-5-9(12(15)16)13(6-8)20(17,18)11-4-3-10(19-11)7-1-2-7/h3-4,7-9,14H,1-2,5-6H2,(H,15,16)/t8-,9+/m0/s1. The molecule has 1 aliphatic carbocycles. The van der Waals surface area contributed by atoms with Crippen LogP contribution in [0.5, 0.6) is 0 Å². The second-order valence-electron chi connectivity index (χ2n) is 5.25. The van der Waals surface area contributed by atoms with Crippen LogP contribution in [-0.2, 0) is 14.8 Å². The molecule has 0 bridgehead atoms. The summed E-state index contributed by atoms with van der Waals surface area (Å²) in [5, 5.41) is 18.7. The molecular formula is C12H15NO5S2. The van der Waals surface area contributed by atoms with E-state index in [0.29, 0.717) is 5.92 Å². The van der Waals surface area contributed by atoms with Crippen molar-refractivity contribution in [1.29, 1.82) is 0 Å². The summed E-state index contributed by atoms with van der Waals surface area (Å²) in [6.45, 7) is -0.157. The Morgan fingerprint density at radius 2 is 2.05 bits per heavy atom. The minimum absolute atomic E-state index is 0.0601. The highest BCUT2D eigenvalue weighted by Gasteiger charge is 2.44. The zero-order chi connectivity index (χ0) is 14.5. The van der Waals surface area contributed by atoms with Crippen molar-refractivity contribution >= 4 is 27.3 Å². The molecule has 0 radical (unpaired) electrons. The number of aliphatic hydroxyl groups is 1. The van der Waals surface area contributed by atoms with Crippen LogP contribution >= 0.6 is 11.3 Å². The first kappa shape index (κ1) is 14.0. The lowest BCUT2D eigenvalue weighted by atomic mass is 10.2. The van der Waals surface area contributed by atoms with Gasteiger partial charge in [-0.25, -0.2) is 8.42 Å². The fourth-order valence-electron chi connectivity index (χ4n) is 2.45. The van der Waals surface area contributed by atoms with Gasteiger partial charge in [0.05, 0.1) is 6.10 Å². The maximum Gasteiger partial charge on any atom is 0.322 e. The maximum atomic E-state index is 12.5. The average molecular weight is 317 g/mol. The molecule has 6 nitrogen and oxygen atoms in total. The molecule has 2 heterocycles. The van der Waals surface area contributed by atoms with Crippen LogP contribution in [0.4, 0.5) is 0 Å². The van der Waals surface area contributed by atoms with E-state index in [2.05, 4.69) is 0 Å². The number of hydrogen-bond donors (Lipinski definition) is 2. The number of carboxylic acids is 1. The van der Waals surface area contributed by atoms with Crippen molar-refractivity contribution in [3.05, 3.63) is 17.0 Å². The summed E-state index contributed by atoms with van der Waals surface area (Å²) in [5.74, 6) is -0.757. The quantitative estimate of drug-likeness (QED) is 0.858. The highest BCUT2D eigenvalue weighted by Crippen LogP contribution is 2.44. The Labute approximate surface area is 120 Å². The summed E-state index contributed by atoms with van der Waals surface area (Å²) < 4.78 is 26.1. The lowest BCUT2D eigenvalue weighted by Gasteiger charge is -2.19. The summed E-state index contributed by atoms with van der Waals surface area (Å²) >= 11 is 1.21. The molecule has 1 saturated heterocycles. The number of nitrogens with zero attached hydrogens (tertiary/aromatic N) is 1. The van der Waals surface area contributed by atoms with E-state index >= 15 is 0 Å². The van der Waals surface area contributed by atoms with E-state index in [1.54, 1.807) is 6.07 Å². The number of rotatable bonds is 4. The number of aliphatic hydroxyl groups excluding tert-OH is 1. The topological polar surface area (TPSA) is 94.9 Å². The predicted molar refractivity (Wildman–Crippen MR) is 72.2 cm³/mol. The second-order valence-corrected chi connectivity index (χ2v) is 8.48. The van der Waals surface area contributed by atoms with Gasteiger partial charge in [0, 0.05) is 17.8 Å². The molecule has 2 fully saturated rings. The Morgan fingerprint density at radius 1 is 1.35 bits per heavy atom. The van der Waals surface area contributed by atoms with Crippen molar-refractivity contribution in [2.45, 2.75) is 41.5 Å². The van der Waals surface area contributed by atoms with Crippen LogP contribution < -0.4 is 0 Å². The van der Waals surface area contributed by atoms with Crippen molar-refractivity contribution in [2.24, 2.45) is 0 Å². The van der Waals surface area contributed by atoms with Crippen LogP contribution in [0.25, 0.3) is 0 Å². The first-order valence-electron chi connectivity index (χ1n) is 6.42. The van der Waals surface area contributed by atoms with Crippen LogP contribution in [0.1, 0.15) is 30.1 Å². The van der Waals surface area contributed by atoms with E-state index in [1.807, 2.05) is 0 Å². The van der Waals surface area contributed by atoms with Crippen LogP contribution in [0.2, 0.25) is 0 Å². The number of sulfonamides is 1. The molecular weight excluding hydrogens is 302 g/mol. The lowest BCUT2D eigenvalue weighted by molar-refractivity contribution is -0.140. The zero-order valence-electron chi connectivity index (χ0n) is 10.6. The molecule has 20 heavy (non-hydrogen) atoms. The summed E-state index contributed by atoms with van der Waals surface area (Å²) in [6, 6.07) is 2.16. The largest absolute Gasteiger partial charge is 0.480 e. The normalized spacial score (nSPS) is 27.9. The monoisotopic (exact) mass is 317 g/mol. The third-order valence-corrected chi connectivity index (χ3v) is 7.25. The molecule has 8 heteroatoms. The van der Waals surface area contributed by atoms with Crippen molar-refractivity contribution < 1.29 is 23.4 Å². The number of β-amino-alcohol motifs (C(OH)–C–C–N with tert-alkyl or cyclic N) is 1. The minimum atomic E-state index is -3.84. The van der Waals surface area contributed by atoms with Crippen LogP contribution in [0.15, 0.2) is 16.3 Å². The van der Waals surface area contributed by atoms with Gasteiger partial charge in [0.2, 0.25) is 0 Å². The maximum absolute atomic E-state index is 12.5. The predicted octanol–water partition coefficient (Wildman–Crippen LogP) is 0.834. The van der Waals surface area contributed by atoms with Crippen molar-refractivity contribution in [2.75, 3.05) is 6.54 Å². The molecule has 1 aliphatic heterocycles. The fraction of sp³-hybridized carbons (Fsp3) is 0.583. The lowest BCUT2D eigenvalue weighted by Crippen LogP contribution is -2.40. The Kier molecular flexibility index (Phi) is 3.36. The van der Waals surface area contributed by atoms with Crippen LogP contribution in [-0.4, -0.2) is 47.6 Å². The smallest absolute Gasteiger partial charge is 0.322 e. The van der Waals surface area contributed by atoms with Gasteiger partial charge in [0.1, 0.15) is 10.3 Å². The first-order chi connectivity index (χ1) is 9.39. The van der Waals surface area contributed by atoms with Crippen LogP contribution in [0, 0.1) is 0 Å². The fourth-order valence-corrected chi connectivity index (χ4v) is 5.70. The van der Waals surface area contributed by atoms with Gasteiger partial charge in [-0.1, -0.05) is 0 Å². The van der Waals surface area contributed by atoms with E-state index in [0.717, 1.165) is 22.0 Å². The Morgan fingerprint density at radius 3 is 2.65 bits per heavy atom. The molecule has 1 aromatic heterocycles. The third kappa shape index (κ3) is 2.37. The van der Waals surface area contributed by atoms with Gasteiger partial charge in [-0.15, -0.1) is 11.3 Å². The minimum Gasteiger partial charge on any atom is -0.480 e. The number of hydrogen-bond acceptors (Lipinski definition) is 5. The highest BCUT2D eigenvalue weighted by molar-refractivity contribution is 7.91. The van der Waals surface area contributed by atoms with Gasteiger partial charge < -0.3 is 10.2 Å². The Balaban J connectivity index is 1.91. The van der Waals surface area contributed by atoms with E-state index in [9.17, 15) is 18.3 Å². The van der Waals surface area contributed by atoms with Gasteiger partial charge in [-0.3, -0.25) is 4.79 Å². The van der Waals surface area contributed by atoms with E-state index in [4.69, 9.17) is 5.11 Å². The molecule has 110 valence electrons. The molecule has 0 spiro atoms. The molecule has 2 atom stereocenters. The molecule has 0 unspecified atom stereocenters. The number of carboxylic acid groups (broad SMARTS) is 1. The SMILES string of the molecule is O=C(O)[C@H]1C[C@H](O)CN1S(=O)(=O)c1ccc(C2CC2)s1. The van der Waals surface area contributed by atoms with Gasteiger partial charge in [-0.2, -0.15) is 4.31 Å². The van der Waals surface area contributed by atoms with Gasteiger partial charge >= 0.3 is 5.97 Å². The van der Waals surface area contributed by atoms with E-state index in [1.165, 1.54) is 17.4 Å². The van der Waals surface area contributed by atoms with Crippen molar-refractivity contribution in [3.63, 3.8) is 0 Å². The summed E-state index contributed by atoms with van der Waals surface area (Å²) in [7, 11) is -3.84.